The minimum Gasteiger partial charge on any atom is -0.389 e. The Hall–Kier alpha value is -0.890. The Labute approximate surface area is 117 Å². The molecule has 0 aliphatic rings. The summed E-state index contributed by atoms with van der Waals surface area (Å²) in [5.41, 5.74) is 7.93. The highest BCUT2D eigenvalue weighted by Gasteiger charge is 1.97. The summed E-state index contributed by atoms with van der Waals surface area (Å²) >= 11 is 4.94. The van der Waals surface area contributed by atoms with Crippen LogP contribution in [0, 0.1) is 0 Å². The van der Waals surface area contributed by atoms with E-state index in [-0.39, 0.29) is 0 Å². The van der Waals surface area contributed by atoms with Crippen LogP contribution in [0.1, 0.15) is 63.0 Å². The van der Waals surface area contributed by atoms with Crippen molar-refractivity contribution in [3.05, 3.63) is 35.4 Å². The monoisotopic (exact) mass is 263 g/mol. The smallest absolute Gasteiger partial charge is 0.103 e. The van der Waals surface area contributed by atoms with E-state index in [1.54, 1.807) is 0 Å². The van der Waals surface area contributed by atoms with E-state index in [1.807, 2.05) is 12.1 Å². The Morgan fingerprint density at radius 2 is 1.50 bits per heavy atom. The van der Waals surface area contributed by atoms with Gasteiger partial charge in [0.1, 0.15) is 4.99 Å². The topological polar surface area (TPSA) is 26.0 Å². The van der Waals surface area contributed by atoms with Crippen molar-refractivity contribution in [1.82, 2.24) is 0 Å². The third-order valence-corrected chi connectivity index (χ3v) is 3.54. The van der Waals surface area contributed by atoms with Gasteiger partial charge in [-0.2, -0.15) is 0 Å². The fraction of sp³-hybridized carbons (Fsp3) is 0.562. The van der Waals surface area contributed by atoms with E-state index in [0.29, 0.717) is 4.99 Å². The molecule has 0 spiro atoms. The predicted molar refractivity (Wildman–Crippen MR) is 84.0 cm³/mol. The zero-order chi connectivity index (χ0) is 13.2. The zero-order valence-corrected chi connectivity index (χ0v) is 12.3. The van der Waals surface area contributed by atoms with Crippen LogP contribution >= 0.6 is 12.2 Å². The molecule has 0 aliphatic carbocycles. The third kappa shape index (κ3) is 6.15. The zero-order valence-electron chi connectivity index (χ0n) is 11.5. The second-order valence-corrected chi connectivity index (χ2v) is 5.37. The van der Waals surface area contributed by atoms with Crippen molar-refractivity contribution < 1.29 is 0 Å². The Kier molecular flexibility index (Phi) is 7.66. The summed E-state index contributed by atoms with van der Waals surface area (Å²) in [5, 5.41) is 0. The lowest BCUT2D eigenvalue weighted by atomic mass is 10.0. The molecular formula is C16H25NS. The summed E-state index contributed by atoms with van der Waals surface area (Å²) in [6, 6.07) is 8.34. The van der Waals surface area contributed by atoms with Gasteiger partial charge < -0.3 is 5.73 Å². The van der Waals surface area contributed by atoms with Gasteiger partial charge in [-0.1, -0.05) is 81.9 Å². The quantitative estimate of drug-likeness (QED) is 0.520. The number of aryl methyl sites for hydroxylation is 1. The molecule has 0 atom stereocenters. The van der Waals surface area contributed by atoms with Crippen LogP contribution in [0.3, 0.4) is 0 Å². The highest BCUT2D eigenvalue weighted by molar-refractivity contribution is 7.80. The van der Waals surface area contributed by atoms with Crippen molar-refractivity contribution in [2.24, 2.45) is 5.73 Å². The van der Waals surface area contributed by atoms with E-state index in [9.17, 15) is 0 Å². The molecule has 0 amide bonds. The van der Waals surface area contributed by atoms with Crippen molar-refractivity contribution in [2.45, 2.75) is 58.3 Å². The molecule has 0 aliphatic heterocycles. The number of nitrogens with two attached hydrogens (primary N) is 1. The van der Waals surface area contributed by atoms with Crippen molar-refractivity contribution in [3.63, 3.8) is 0 Å². The Morgan fingerprint density at radius 3 is 2.06 bits per heavy atom. The first-order chi connectivity index (χ1) is 8.74. The van der Waals surface area contributed by atoms with Crippen molar-refractivity contribution in [1.29, 1.82) is 0 Å². The maximum Gasteiger partial charge on any atom is 0.103 e. The average molecular weight is 263 g/mol. The maximum atomic E-state index is 5.57. The Bertz CT molecular complexity index is 343. The molecule has 0 fully saturated rings. The van der Waals surface area contributed by atoms with Crippen molar-refractivity contribution in [2.75, 3.05) is 0 Å². The van der Waals surface area contributed by atoms with E-state index in [2.05, 4.69) is 19.1 Å². The van der Waals surface area contributed by atoms with Crippen LogP contribution in [0.15, 0.2) is 24.3 Å². The van der Waals surface area contributed by atoms with Crippen LogP contribution in [-0.2, 0) is 6.42 Å². The van der Waals surface area contributed by atoms with Crippen LogP contribution in [0.2, 0.25) is 0 Å². The normalized spacial score (nSPS) is 10.5. The molecular weight excluding hydrogens is 238 g/mol. The molecule has 100 valence electrons. The molecule has 1 nitrogen and oxygen atoms in total. The van der Waals surface area contributed by atoms with Gasteiger partial charge >= 0.3 is 0 Å². The van der Waals surface area contributed by atoms with Gasteiger partial charge in [0.05, 0.1) is 0 Å². The second-order valence-electron chi connectivity index (χ2n) is 4.93. The van der Waals surface area contributed by atoms with Crippen molar-refractivity contribution >= 4 is 17.2 Å². The van der Waals surface area contributed by atoms with Gasteiger partial charge in [0, 0.05) is 5.56 Å². The lowest BCUT2D eigenvalue weighted by Gasteiger charge is -2.04. The Morgan fingerprint density at radius 1 is 0.944 bits per heavy atom. The largest absolute Gasteiger partial charge is 0.389 e. The summed E-state index contributed by atoms with van der Waals surface area (Å²) in [5.74, 6) is 0. The van der Waals surface area contributed by atoms with Crippen LogP contribution in [0.4, 0.5) is 0 Å². The first-order valence-corrected chi connectivity index (χ1v) is 7.53. The maximum absolute atomic E-state index is 5.57. The van der Waals surface area contributed by atoms with E-state index in [1.165, 1.54) is 56.9 Å². The number of unbranched alkanes of at least 4 members (excludes halogenated alkanes) is 6. The summed E-state index contributed by atoms with van der Waals surface area (Å²) in [6.45, 7) is 2.26. The van der Waals surface area contributed by atoms with E-state index < -0.39 is 0 Å². The highest BCUT2D eigenvalue weighted by Crippen LogP contribution is 2.11. The molecule has 2 heteroatoms. The van der Waals surface area contributed by atoms with Gasteiger partial charge in [0.15, 0.2) is 0 Å². The molecule has 0 unspecified atom stereocenters. The fourth-order valence-electron chi connectivity index (χ4n) is 2.12. The molecule has 1 aromatic rings. The SMILES string of the molecule is CCCCCCCCCc1ccc(C(N)=S)cc1. The summed E-state index contributed by atoms with van der Waals surface area (Å²) in [6.07, 6.45) is 10.7. The minimum absolute atomic E-state index is 0.484. The standard InChI is InChI=1S/C16H25NS/c1-2-3-4-5-6-7-8-9-14-10-12-15(13-11-14)16(17)18/h10-13H,2-9H2,1H3,(H2,17,18). The molecule has 0 aromatic heterocycles. The van der Waals surface area contributed by atoms with Crippen molar-refractivity contribution in [3.8, 4) is 0 Å². The molecule has 2 N–H and O–H groups in total. The molecule has 0 heterocycles. The minimum atomic E-state index is 0.484. The first kappa shape index (κ1) is 15.2. The highest BCUT2D eigenvalue weighted by atomic mass is 32.1. The molecule has 0 saturated heterocycles. The number of hydrogen-bond acceptors (Lipinski definition) is 1. The molecule has 0 bridgehead atoms. The third-order valence-electron chi connectivity index (χ3n) is 3.31. The van der Waals surface area contributed by atoms with Crippen LogP contribution < -0.4 is 5.73 Å². The first-order valence-electron chi connectivity index (χ1n) is 7.12. The van der Waals surface area contributed by atoms with Gasteiger partial charge in [-0.3, -0.25) is 0 Å². The molecule has 1 aromatic carbocycles. The van der Waals surface area contributed by atoms with Gasteiger partial charge in [-0.25, -0.2) is 0 Å². The van der Waals surface area contributed by atoms with Gasteiger partial charge in [0.25, 0.3) is 0 Å². The lowest BCUT2D eigenvalue weighted by Crippen LogP contribution is -2.08. The van der Waals surface area contributed by atoms with Gasteiger partial charge in [-0.15, -0.1) is 0 Å². The predicted octanol–water partition coefficient (Wildman–Crippen LogP) is 4.61. The lowest BCUT2D eigenvalue weighted by molar-refractivity contribution is 0.589. The summed E-state index contributed by atoms with van der Waals surface area (Å²) in [7, 11) is 0. The summed E-state index contributed by atoms with van der Waals surface area (Å²) in [4.78, 5) is 0.484. The van der Waals surface area contributed by atoms with Crippen LogP contribution in [0.5, 0.6) is 0 Å². The molecule has 0 radical (unpaired) electrons. The molecule has 0 saturated carbocycles. The molecule has 1 rings (SSSR count). The second kappa shape index (κ2) is 9.09. The molecule has 18 heavy (non-hydrogen) atoms. The average Bonchev–Trinajstić information content (AvgIpc) is 2.38. The summed E-state index contributed by atoms with van der Waals surface area (Å²) < 4.78 is 0. The fourth-order valence-corrected chi connectivity index (χ4v) is 2.26. The number of thiocarbonyl (C=S) groups is 1. The van der Waals surface area contributed by atoms with Crippen LogP contribution in [-0.4, -0.2) is 4.99 Å². The number of hydrogen-bond donors (Lipinski definition) is 1. The van der Waals surface area contributed by atoms with E-state index in [4.69, 9.17) is 18.0 Å². The van der Waals surface area contributed by atoms with Gasteiger partial charge in [-0.05, 0) is 18.4 Å². The van der Waals surface area contributed by atoms with E-state index in [0.717, 1.165) is 5.56 Å². The Balaban J connectivity index is 2.14. The number of rotatable bonds is 9. The number of benzene rings is 1. The van der Waals surface area contributed by atoms with Gasteiger partial charge in [0.2, 0.25) is 0 Å². The van der Waals surface area contributed by atoms with E-state index >= 15 is 0 Å². The van der Waals surface area contributed by atoms with Crippen LogP contribution in [0.25, 0.3) is 0 Å².